The lowest BCUT2D eigenvalue weighted by molar-refractivity contribution is -0.168. The van der Waals surface area contributed by atoms with Crippen LogP contribution in [0.2, 0.25) is 0 Å². The molecule has 0 spiro atoms. The van der Waals surface area contributed by atoms with Crippen molar-refractivity contribution >= 4 is 29.6 Å². The summed E-state index contributed by atoms with van der Waals surface area (Å²) in [6.07, 6.45) is 2.58. The maximum atomic E-state index is 12.3. The maximum Gasteiger partial charge on any atom is 0.333 e. The van der Waals surface area contributed by atoms with Gasteiger partial charge in [0, 0.05) is 13.0 Å². The Bertz CT molecular complexity index is 1020. The zero-order valence-corrected chi connectivity index (χ0v) is 16.7. The van der Waals surface area contributed by atoms with Gasteiger partial charge in [0.25, 0.3) is 23.6 Å². The van der Waals surface area contributed by atoms with Crippen molar-refractivity contribution in [1.29, 1.82) is 0 Å². The molecule has 2 aromatic rings. The molecule has 8 nitrogen and oxygen atoms in total. The molecule has 0 unspecified atom stereocenters. The molecule has 2 aromatic carbocycles. The van der Waals surface area contributed by atoms with E-state index in [1.54, 1.807) is 36.4 Å². The average molecular weight is 420 g/mol. The number of nitrogens with zero attached hydrogens (tertiary/aromatic N) is 2. The molecule has 8 heteroatoms. The Hall–Kier alpha value is -3.81. The minimum Gasteiger partial charge on any atom is -0.330 e. The van der Waals surface area contributed by atoms with Crippen LogP contribution in [0.5, 0.6) is 0 Å². The summed E-state index contributed by atoms with van der Waals surface area (Å²) >= 11 is 0. The van der Waals surface area contributed by atoms with Crippen molar-refractivity contribution in [3.8, 4) is 0 Å². The number of amides is 4. The molecule has 4 rings (SSSR count). The van der Waals surface area contributed by atoms with Gasteiger partial charge in [-0.3, -0.25) is 24.1 Å². The van der Waals surface area contributed by atoms with Gasteiger partial charge in [0.1, 0.15) is 0 Å². The van der Waals surface area contributed by atoms with Gasteiger partial charge in [0.15, 0.2) is 0 Å². The van der Waals surface area contributed by atoms with Crippen LogP contribution >= 0.6 is 0 Å². The molecular weight excluding hydrogens is 400 g/mol. The molecule has 2 aliphatic rings. The Kier molecular flexibility index (Phi) is 5.62. The third-order valence-electron chi connectivity index (χ3n) is 5.34. The Morgan fingerprint density at radius 2 is 1.10 bits per heavy atom. The van der Waals surface area contributed by atoms with E-state index >= 15 is 0 Å². The number of benzene rings is 2. The summed E-state index contributed by atoms with van der Waals surface area (Å²) in [6.45, 7) is 0.325. The van der Waals surface area contributed by atoms with Gasteiger partial charge in [0.2, 0.25) is 0 Å². The van der Waals surface area contributed by atoms with Crippen LogP contribution in [0, 0.1) is 0 Å². The Morgan fingerprint density at radius 1 is 0.645 bits per heavy atom. The van der Waals surface area contributed by atoms with Crippen molar-refractivity contribution in [2.75, 3.05) is 6.54 Å². The van der Waals surface area contributed by atoms with Gasteiger partial charge < -0.3 is 4.84 Å². The molecule has 0 aromatic heterocycles. The van der Waals surface area contributed by atoms with Crippen molar-refractivity contribution < 1.29 is 28.8 Å². The lowest BCUT2D eigenvalue weighted by Crippen LogP contribution is -2.32. The fraction of sp³-hybridized carbons (Fsp3) is 0.261. The van der Waals surface area contributed by atoms with E-state index in [0.29, 0.717) is 48.4 Å². The van der Waals surface area contributed by atoms with Crippen molar-refractivity contribution in [1.82, 2.24) is 9.96 Å². The van der Waals surface area contributed by atoms with Gasteiger partial charge in [-0.2, -0.15) is 0 Å². The topological polar surface area (TPSA) is 101 Å². The predicted octanol–water partition coefficient (Wildman–Crippen LogP) is 2.99. The zero-order chi connectivity index (χ0) is 22.0. The Morgan fingerprint density at radius 3 is 1.61 bits per heavy atom. The zero-order valence-electron chi connectivity index (χ0n) is 16.7. The van der Waals surface area contributed by atoms with Crippen LogP contribution < -0.4 is 0 Å². The minimum atomic E-state index is -0.658. The number of hydrogen-bond acceptors (Lipinski definition) is 6. The molecule has 2 aliphatic heterocycles. The van der Waals surface area contributed by atoms with Gasteiger partial charge in [-0.1, -0.05) is 42.2 Å². The number of carbonyl (C=O) groups is 5. The van der Waals surface area contributed by atoms with Crippen LogP contribution in [0.3, 0.4) is 0 Å². The van der Waals surface area contributed by atoms with Crippen molar-refractivity contribution in [2.24, 2.45) is 0 Å². The highest BCUT2D eigenvalue weighted by Crippen LogP contribution is 2.24. The lowest BCUT2D eigenvalue weighted by Gasteiger charge is -2.14. The number of fused-ring (bicyclic) bond motifs is 2. The first kappa shape index (κ1) is 20.5. The highest BCUT2D eigenvalue weighted by molar-refractivity contribution is 6.21. The fourth-order valence-electron chi connectivity index (χ4n) is 3.73. The molecule has 4 amide bonds. The predicted molar refractivity (Wildman–Crippen MR) is 108 cm³/mol. The number of imide groups is 2. The van der Waals surface area contributed by atoms with Gasteiger partial charge in [-0.15, -0.1) is 0 Å². The van der Waals surface area contributed by atoms with Crippen LogP contribution in [-0.4, -0.2) is 46.1 Å². The van der Waals surface area contributed by atoms with Gasteiger partial charge in [-0.05, 0) is 37.1 Å². The molecule has 0 bridgehead atoms. The van der Waals surface area contributed by atoms with Crippen LogP contribution in [0.15, 0.2) is 48.5 Å². The smallest absolute Gasteiger partial charge is 0.330 e. The number of hydrogen-bond donors (Lipinski definition) is 0. The molecule has 2 heterocycles. The van der Waals surface area contributed by atoms with E-state index in [9.17, 15) is 24.0 Å². The van der Waals surface area contributed by atoms with Crippen LogP contribution in [-0.2, 0) is 9.63 Å². The quantitative estimate of drug-likeness (QED) is 0.481. The summed E-state index contributed by atoms with van der Waals surface area (Å²) in [7, 11) is 0. The average Bonchev–Trinajstić information content (AvgIpc) is 3.17. The third kappa shape index (κ3) is 3.84. The summed E-state index contributed by atoms with van der Waals surface area (Å²) in [4.78, 5) is 67.2. The lowest BCUT2D eigenvalue weighted by atomic mass is 10.1. The minimum absolute atomic E-state index is 0.0560. The number of carbonyl (C=O) groups excluding carboxylic acids is 5. The third-order valence-corrected chi connectivity index (χ3v) is 5.34. The molecule has 0 fully saturated rings. The fourth-order valence-corrected chi connectivity index (χ4v) is 3.73. The Balaban J connectivity index is 1.17. The first-order chi connectivity index (χ1) is 15.0. The summed E-state index contributed by atoms with van der Waals surface area (Å²) in [5, 5.41) is 0.509. The van der Waals surface area contributed by atoms with Crippen molar-refractivity contribution in [3.05, 3.63) is 70.8 Å². The SMILES string of the molecule is O=C(CCCCCCN1C(=O)c2ccccc2C1=O)ON1C(=O)c2ccccc2C1=O. The number of rotatable bonds is 8. The second-order valence-electron chi connectivity index (χ2n) is 7.39. The molecule has 0 aliphatic carbocycles. The van der Waals surface area contributed by atoms with E-state index in [0.717, 1.165) is 0 Å². The highest BCUT2D eigenvalue weighted by atomic mass is 16.7. The molecule has 158 valence electrons. The molecule has 0 saturated heterocycles. The summed E-state index contributed by atoms with van der Waals surface area (Å²) < 4.78 is 0. The first-order valence-corrected chi connectivity index (χ1v) is 10.1. The van der Waals surface area contributed by atoms with E-state index in [-0.39, 0.29) is 29.4 Å². The number of hydroxylamine groups is 2. The second kappa shape index (κ2) is 8.51. The molecule has 0 N–H and O–H groups in total. The van der Waals surface area contributed by atoms with Crippen LogP contribution in [0.1, 0.15) is 73.5 Å². The Labute approximate surface area is 178 Å². The molecule has 0 radical (unpaired) electrons. The molecule has 0 atom stereocenters. The maximum absolute atomic E-state index is 12.3. The van der Waals surface area contributed by atoms with E-state index in [4.69, 9.17) is 4.84 Å². The normalized spacial score (nSPS) is 14.8. The molecule has 0 saturated carbocycles. The summed E-state index contributed by atoms with van der Waals surface area (Å²) in [5.41, 5.74) is 1.30. The van der Waals surface area contributed by atoms with Gasteiger partial charge in [0.05, 0.1) is 22.3 Å². The number of unbranched alkanes of at least 4 members (excludes halogenated alkanes) is 3. The van der Waals surface area contributed by atoms with E-state index in [2.05, 4.69) is 0 Å². The van der Waals surface area contributed by atoms with Gasteiger partial charge >= 0.3 is 5.97 Å². The first-order valence-electron chi connectivity index (χ1n) is 10.1. The van der Waals surface area contributed by atoms with Crippen molar-refractivity contribution in [2.45, 2.75) is 32.1 Å². The van der Waals surface area contributed by atoms with E-state index in [1.807, 2.05) is 0 Å². The second-order valence-corrected chi connectivity index (χ2v) is 7.39. The largest absolute Gasteiger partial charge is 0.333 e. The van der Waals surface area contributed by atoms with Crippen LogP contribution in [0.25, 0.3) is 0 Å². The van der Waals surface area contributed by atoms with E-state index in [1.165, 1.54) is 17.0 Å². The standard InChI is InChI=1S/C23H20N2O6/c26-19(31-25-22(29)17-11-6-7-12-18(17)23(25)30)13-3-1-2-8-14-24-20(27)15-9-4-5-10-16(15)21(24)28/h4-7,9-12H,1-3,8,13-14H2. The van der Waals surface area contributed by atoms with Crippen molar-refractivity contribution in [3.63, 3.8) is 0 Å². The summed E-state index contributed by atoms with van der Waals surface area (Å²) in [5.74, 6) is -2.49. The van der Waals surface area contributed by atoms with E-state index < -0.39 is 17.8 Å². The highest BCUT2D eigenvalue weighted by Gasteiger charge is 2.38. The monoisotopic (exact) mass is 420 g/mol. The molecule has 31 heavy (non-hydrogen) atoms. The summed E-state index contributed by atoms with van der Waals surface area (Å²) in [6, 6.07) is 13.1. The van der Waals surface area contributed by atoms with Crippen LogP contribution in [0.4, 0.5) is 0 Å². The van der Waals surface area contributed by atoms with Gasteiger partial charge in [-0.25, -0.2) is 4.79 Å². The molecular formula is C23H20N2O6.